The number of carbonyl (C=O) groups is 2. The fourth-order valence-electron chi connectivity index (χ4n) is 2.81. The van der Waals surface area contributed by atoms with Crippen molar-refractivity contribution in [2.24, 2.45) is 0 Å². The largest absolute Gasteiger partial charge is 0.383 e. The highest BCUT2D eigenvalue weighted by Crippen LogP contribution is 2.23. The predicted molar refractivity (Wildman–Crippen MR) is 120 cm³/mol. The number of halogens is 1. The van der Waals surface area contributed by atoms with Crippen molar-refractivity contribution in [1.82, 2.24) is 20.2 Å². The van der Waals surface area contributed by atoms with Crippen molar-refractivity contribution in [3.63, 3.8) is 0 Å². The number of benzene rings is 1. The number of pyridine rings is 1. The molecule has 0 radical (unpaired) electrons. The average Bonchev–Trinajstić information content (AvgIpc) is 3.28. The summed E-state index contributed by atoms with van der Waals surface area (Å²) in [5.74, 6) is -0.904. The van der Waals surface area contributed by atoms with Crippen LogP contribution in [0.15, 0.2) is 54.2 Å². The van der Waals surface area contributed by atoms with Crippen LogP contribution in [0.5, 0.6) is 0 Å². The SMILES string of the molecule is COCCN(CCC(=O)NCc1cccnc1)C(=O)c1csc(Nc2ccccc2F)n1. The average molecular weight is 458 g/mol. The highest BCUT2D eigenvalue weighted by molar-refractivity contribution is 7.14. The van der Waals surface area contributed by atoms with Gasteiger partial charge in [-0.05, 0) is 23.8 Å². The van der Waals surface area contributed by atoms with Crippen molar-refractivity contribution in [2.45, 2.75) is 13.0 Å². The Morgan fingerprint density at radius 1 is 1.19 bits per heavy atom. The highest BCUT2D eigenvalue weighted by Gasteiger charge is 2.20. The standard InChI is InChI=1S/C22H24FN5O3S/c1-31-12-11-28(10-8-20(29)25-14-16-5-4-9-24-13-16)21(30)19-15-32-22(27-19)26-18-7-3-2-6-17(18)23/h2-7,9,13,15H,8,10-12,14H2,1H3,(H,25,29)(H,26,27). The Morgan fingerprint density at radius 2 is 2.03 bits per heavy atom. The number of carbonyl (C=O) groups excluding carboxylic acids is 2. The summed E-state index contributed by atoms with van der Waals surface area (Å²) in [6.07, 6.45) is 3.49. The van der Waals surface area contributed by atoms with Crippen molar-refractivity contribution >= 4 is 34.0 Å². The van der Waals surface area contributed by atoms with Crippen LogP contribution in [0.3, 0.4) is 0 Å². The Hall–Kier alpha value is -3.37. The van der Waals surface area contributed by atoms with Crippen molar-refractivity contribution in [2.75, 3.05) is 32.1 Å². The lowest BCUT2D eigenvalue weighted by Crippen LogP contribution is -2.37. The molecule has 0 aliphatic rings. The summed E-state index contributed by atoms with van der Waals surface area (Å²) in [6.45, 7) is 1.23. The van der Waals surface area contributed by atoms with Gasteiger partial charge in [0.05, 0.1) is 12.3 Å². The van der Waals surface area contributed by atoms with E-state index in [9.17, 15) is 14.0 Å². The van der Waals surface area contributed by atoms with Crippen LogP contribution in [-0.4, -0.2) is 53.5 Å². The van der Waals surface area contributed by atoms with Gasteiger partial charge in [0.1, 0.15) is 11.5 Å². The Bertz CT molecular complexity index is 1030. The molecule has 0 aliphatic carbocycles. The van der Waals surface area contributed by atoms with Crippen LogP contribution < -0.4 is 10.6 Å². The Kier molecular flexibility index (Phi) is 8.64. The zero-order chi connectivity index (χ0) is 22.8. The first-order chi connectivity index (χ1) is 15.6. The maximum absolute atomic E-state index is 13.8. The molecular weight excluding hydrogens is 433 g/mol. The summed E-state index contributed by atoms with van der Waals surface area (Å²) < 4.78 is 18.9. The van der Waals surface area contributed by atoms with Gasteiger partial charge < -0.3 is 20.3 Å². The fraction of sp³-hybridized carbons (Fsp3) is 0.273. The zero-order valence-corrected chi connectivity index (χ0v) is 18.4. The molecule has 10 heteroatoms. The molecule has 3 rings (SSSR count). The number of methoxy groups -OCH3 is 1. The molecule has 2 N–H and O–H groups in total. The quantitative estimate of drug-likeness (QED) is 0.459. The van der Waals surface area contributed by atoms with E-state index in [1.807, 2.05) is 6.07 Å². The molecule has 2 aromatic heterocycles. The van der Waals surface area contributed by atoms with Gasteiger partial charge in [0.2, 0.25) is 5.91 Å². The molecule has 0 atom stereocenters. The molecule has 2 amide bonds. The monoisotopic (exact) mass is 457 g/mol. The number of aromatic nitrogens is 2. The third kappa shape index (κ3) is 6.82. The minimum absolute atomic E-state index is 0.139. The van der Waals surface area contributed by atoms with Crippen LogP contribution in [-0.2, 0) is 16.1 Å². The number of amides is 2. The van der Waals surface area contributed by atoms with E-state index in [0.717, 1.165) is 5.56 Å². The van der Waals surface area contributed by atoms with Gasteiger partial charge in [0.15, 0.2) is 5.13 Å². The maximum Gasteiger partial charge on any atom is 0.273 e. The van der Waals surface area contributed by atoms with Crippen molar-refractivity contribution in [3.8, 4) is 0 Å². The second-order valence-corrected chi connectivity index (χ2v) is 7.67. The molecule has 0 spiro atoms. The number of hydrogen-bond acceptors (Lipinski definition) is 7. The predicted octanol–water partition coefficient (Wildman–Crippen LogP) is 3.22. The van der Waals surface area contributed by atoms with E-state index in [4.69, 9.17) is 4.74 Å². The second-order valence-electron chi connectivity index (χ2n) is 6.82. The first kappa shape index (κ1) is 23.3. The molecule has 0 unspecified atom stereocenters. The van der Waals surface area contributed by atoms with E-state index in [1.165, 1.54) is 22.3 Å². The third-order valence-electron chi connectivity index (χ3n) is 4.51. The van der Waals surface area contributed by atoms with Crippen LogP contribution in [0, 0.1) is 5.82 Å². The molecule has 0 bridgehead atoms. The molecule has 0 fully saturated rings. The number of hydrogen-bond donors (Lipinski definition) is 2. The van der Waals surface area contributed by atoms with Gasteiger partial charge in [0, 0.05) is 50.9 Å². The molecule has 0 saturated carbocycles. The minimum Gasteiger partial charge on any atom is -0.383 e. The minimum atomic E-state index is -0.408. The second kappa shape index (κ2) is 11.9. The number of rotatable bonds is 11. The first-order valence-corrected chi connectivity index (χ1v) is 10.9. The lowest BCUT2D eigenvalue weighted by atomic mass is 10.2. The summed E-state index contributed by atoms with van der Waals surface area (Å²) in [4.78, 5) is 35.0. The number of ether oxygens (including phenoxy) is 1. The molecule has 0 saturated heterocycles. The summed E-state index contributed by atoms with van der Waals surface area (Å²) >= 11 is 1.20. The van der Waals surface area contributed by atoms with Crippen LogP contribution in [0.2, 0.25) is 0 Å². The molecule has 0 aliphatic heterocycles. The molecule has 32 heavy (non-hydrogen) atoms. The Balaban J connectivity index is 1.57. The summed E-state index contributed by atoms with van der Waals surface area (Å²) in [6, 6.07) is 9.91. The van der Waals surface area contributed by atoms with Gasteiger partial charge in [-0.15, -0.1) is 11.3 Å². The van der Waals surface area contributed by atoms with E-state index in [-0.39, 0.29) is 36.2 Å². The molecule has 8 nitrogen and oxygen atoms in total. The number of thiazole rings is 1. The number of nitrogens with one attached hydrogen (secondary N) is 2. The van der Waals surface area contributed by atoms with E-state index < -0.39 is 5.82 Å². The number of anilines is 2. The fourth-order valence-corrected chi connectivity index (χ4v) is 3.51. The topological polar surface area (TPSA) is 96.5 Å². The van der Waals surface area contributed by atoms with Crippen LogP contribution in [0.25, 0.3) is 0 Å². The summed E-state index contributed by atoms with van der Waals surface area (Å²) in [7, 11) is 1.54. The van der Waals surface area contributed by atoms with Gasteiger partial charge >= 0.3 is 0 Å². The van der Waals surface area contributed by atoms with Crippen molar-refractivity contribution < 1.29 is 18.7 Å². The van der Waals surface area contributed by atoms with Gasteiger partial charge in [-0.25, -0.2) is 9.37 Å². The molecule has 168 valence electrons. The maximum atomic E-state index is 13.8. The molecule has 1 aromatic carbocycles. The van der Waals surface area contributed by atoms with Crippen molar-refractivity contribution in [1.29, 1.82) is 0 Å². The zero-order valence-electron chi connectivity index (χ0n) is 17.6. The van der Waals surface area contributed by atoms with E-state index in [2.05, 4.69) is 20.6 Å². The highest BCUT2D eigenvalue weighted by atomic mass is 32.1. The summed E-state index contributed by atoms with van der Waals surface area (Å²) in [5, 5.41) is 7.71. The van der Waals surface area contributed by atoms with Crippen LogP contribution in [0.1, 0.15) is 22.5 Å². The Morgan fingerprint density at radius 3 is 2.78 bits per heavy atom. The smallest absolute Gasteiger partial charge is 0.273 e. The molecule has 3 aromatic rings. The van der Waals surface area contributed by atoms with Crippen LogP contribution in [0.4, 0.5) is 15.2 Å². The normalized spacial score (nSPS) is 10.6. The van der Waals surface area contributed by atoms with Gasteiger partial charge in [-0.3, -0.25) is 14.6 Å². The van der Waals surface area contributed by atoms with Gasteiger partial charge in [-0.2, -0.15) is 0 Å². The lowest BCUT2D eigenvalue weighted by molar-refractivity contribution is -0.121. The van der Waals surface area contributed by atoms with E-state index >= 15 is 0 Å². The van der Waals surface area contributed by atoms with Crippen molar-refractivity contribution in [3.05, 3.63) is 71.2 Å². The number of nitrogens with zero attached hydrogens (tertiary/aromatic N) is 3. The van der Waals surface area contributed by atoms with Gasteiger partial charge in [-0.1, -0.05) is 18.2 Å². The van der Waals surface area contributed by atoms with Crippen LogP contribution >= 0.6 is 11.3 Å². The first-order valence-electron chi connectivity index (χ1n) is 9.97. The summed E-state index contributed by atoms with van der Waals surface area (Å²) in [5.41, 5.74) is 1.40. The molecule has 2 heterocycles. The molecular formula is C22H24FN5O3S. The van der Waals surface area contributed by atoms with E-state index in [0.29, 0.717) is 24.8 Å². The Labute approximate surface area is 189 Å². The third-order valence-corrected chi connectivity index (χ3v) is 5.27. The lowest BCUT2D eigenvalue weighted by Gasteiger charge is -2.21. The number of para-hydroxylation sites is 1. The van der Waals surface area contributed by atoms with E-state index in [1.54, 1.807) is 49.1 Å². The van der Waals surface area contributed by atoms with Gasteiger partial charge in [0.25, 0.3) is 5.91 Å².